The van der Waals surface area contributed by atoms with Gasteiger partial charge in [-0.05, 0) is 24.8 Å². The molecule has 1 unspecified atom stereocenters. The second-order valence-electron chi connectivity index (χ2n) is 4.96. The number of nitrogen functional groups attached to an aromatic ring is 1. The molecule has 1 heterocycles. The first-order chi connectivity index (χ1) is 8.60. The first kappa shape index (κ1) is 12.7. The smallest absolute Gasteiger partial charge is 0.252 e. The Morgan fingerprint density at radius 1 is 1.61 bits per heavy atom. The van der Waals surface area contributed by atoms with E-state index in [9.17, 15) is 4.79 Å². The Hall–Kier alpha value is -1.78. The van der Waals surface area contributed by atoms with Crippen LogP contribution in [-0.4, -0.2) is 16.9 Å². The molecule has 0 spiro atoms. The Morgan fingerprint density at radius 3 is 2.89 bits per heavy atom. The van der Waals surface area contributed by atoms with Gasteiger partial charge in [0, 0.05) is 6.04 Å². The molecule has 1 fully saturated rings. The summed E-state index contributed by atoms with van der Waals surface area (Å²) in [6.07, 6.45) is 6.30. The van der Waals surface area contributed by atoms with Crippen molar-refractivity contribution in [1.29, 1.82) is 0 Å². The molecule has 1 aromatic heterocycles. The molecule has 1 amide bonds. The molecule has 5 heteroatoms. The summed E-state index contributed by atoms with van der Waals surface area (Å²) in [7, 11) is 0. The third-order valence-electron chi connectivity index (χ3n) is 3.32. The van der Waals surface area contributed by atoms with Gasteiger partial charge in [0.25, 0.3) is 5.91 Å². The fourth-order valence-corrected chi connectivity index (χ4v) is 2.06. The summed E-state index contributed by atoms with van der Waals surface area (Å²) < 4.78 is 0. The Morgan fingerprint density at radius 2 is 2.33 bits per heavy atom. The highest BCUT2D eigenvalue weighted by Gasteiger charge is 2.25. The van der Waals surface area contributed by atoms with Crippen molar-refractivity contribution in [1.82, 2.24) is 4.98 Å². The fraction of sp³-hybridized carbons (Fsp3) is 0.538. The van der Waals surface area contributed by atoms with Crippen molar-refractivity contribution in [3.63, 3.8) is 0 Å². The molecular formula is C13H20N4O. The molecule has 1 aromatic rings. The number of hydrogen-bond donors (Lipinski definition) is 3. The molecule has 18 heavy (non-hydrogen) atoms. The summed E-state index contributed by atoms with van der Waals surface area (Å²) in [5.41, 5.74) is 11.8. The highest BCUT2D eigenvalue weighted by Crippen LogP contribution is 2.34. The summed E-state index contributed by atoms with van der Waals surface area (Å²) in [5.74, 6) is 0.871. The molecule has 0 aromatic carbocycles. The summed E-state index contributed by atoms with van der Waals surface area (Å²) in [4.78, 5) is 15.5. The number of amides is 1. The number of nitrogens with one attached hydrogen (secondary N) is 1. The Kier molecular flexibility index (Phi) is 3.69. The van der Waals surface area contributed by atoms with Gasteiger partial charge in [-0.25, -0.2) is 4.98 Å². The van der Waals surface area contributed by atoms with Crippen LogP contribution in [-0.2, 0) is 0 Å². The minimum atomic E-state index is -0.501. The van der Waals surface area contributed by atoms with E-state index in [1.165, 1.54) is 12.8 Å². The van der Waals surface area contributed by atoms with Crippen LogP contribution in [0.1, 0.15) is 43.0 Å². The van der Waals surface area contributed by atoms with Gasteiger partial charge in [-0.1, -0.05) is 19.8 Å². The van der Waals surface area contributed by atoms with Crippen LogP contribution in [0.3, 0.4) is 0 Å². The first-order valence-electron chi connectivity index (χ1n) is 6.42. The van der Waals surface area contributed by atoms with E-state index in [1.807, 2.05) is 0 Å². The van der Waals surface area contributed by atoms with Crippen LogP contribution in [0, 0.1) is 5.92 Å². The molecule has 1 aliphatic rings. The molecule has 5 nitrogen and oxygen atoms in total. The predicted octanol–water partition coefficient (Wildman–Crippen LogP) is 1.75. The van der Waals surface area contributed by atoms with Gasteiger partial charge in [-0.2, -0.15) is 0 Å². The topological polar surface area (TPSA) is 94.0 Å². The van der Waals surface area contributed by atoms with E-state index < -0.39 is 5.91 Å². The van der Waals surface area contributed by atoms with Crippen LogP contribution >= 0.6 is 0 Å². The molecule has 0 aliphatic heterocycles. The number of pyridine rings is 1. The van der Waals surface area contributed by atoms with Crippen LogP contribution < -0.4 is 16.8 Å². The van der Waals surface area contributed by atoms with Crippen molar-refractivity contribution < 1.29 is 4.79 Å². The second-order valence-corrected chi connectivity index (χ2v) is 4.96. The van der Waals surface area contributed by atoms with Crippen LogP contribution in [0.25, 0.3) is 0 Å². The molecule has 1 saturated carbocycles. The third-order valence-corrected chi connectivity index (χ3v) is 3.32. The van der Waals surface area contributed by atoms with Crippen LogP contribution in [0.4, 0.5) is 11.5 Å². The molecule has 5 N–H and O–H groups in total. The predicted molar refractivity (Wildman–Crippen MR) is 72.2 cm³/mol. The molecule has 0 saturated heterocycles. The second kappa shape index (κ2) is 5.25. The zero-order valence-electron chi connectivity index (χ0n) is 10.6. The number of anilines is 2. The lowest BCUT2D eigenvalue weighted by molar-refractivity contribution is 0.100. The number of carbonyl (C=O) groups is 1. The van der Waals surface area contributed by atoms with Gasteiger partial charge in [0.05, 0.1) is 17.4 Å². The van der Waals surface area contributed by atoms with Crippen molar-refractivity contribution in [2.75, 3.05) is 11.1 Å². The zero-order valence-corrected chi connectivity index (χ0v) is 10.6. The number of primary amides is 1. The zero-order chi connectivity index (χ0) is 13.1. The van der Waals surface area contributed by atoms with Gasteiger partial charge in [-0.3, -0.25) is 4.79 Å². The minimum absolute atomic E-state index is 0.340. The van der Waals surface area contributed by atoms with Gasteiger partial charge < -0.3 is 16.8 Å². The van der Waals surface area contributed by atoms with Crippen molar-refractivity contribution in [2.24, 2.45) is 11.7 Å². The van der Waals surface area contributed by atoms with E-state index in [0.717, 1.165) is 18.8 Å². The van der Waals surface area contributed by atoms with Crippen LogP contribution in [0.2, 0.25) is 0 Å². The summed E-state index contributed by atoms with van der Waals surface area (Å²) in [5, 5.41) is 3.31. The highest BCUT2D eigenvalue weighted by atomic mass is 16.1. The van der Waals surface area contributed by atoms with Crippen molar-refractivity contribution in [2.45, 2.75) is 38.6 Å². The maximum atomic E-state index is 11.4. The number of hydrogen-bond acceptors (Lipinski definition) is 4. The van der Waals surface area contributed by atoms with Crippen molar-refractivity contribution >= 4 is 17.4 Å². The first-order valence-corrected chi connectivity index (χ1v) is 6.42. The highest BCUT2D eigenvalue weighted by molar-refractivity contribution is 5.98. The molecule has 0 radical (unpaired) electrons. The molecular weight excluding hydrogens is 228 g/mol. The fourth-order valence-electron chi connectivity index (χ4n) is 2.06. The Bertz CT molecular complexity index is 443. The van der Waals surface area contributed by atoms with E-state index in [-0.39, 0.29) is 0 Å². The maximum Gasteiger partial charge on any atom is 0.252 e. The largest absolute Gasteiger partial charge is 0.397 e. The Labute approximate surface area is 107 Å². The van der Waals surface area contributed by atoms with Gasteiger partial charge in [0.1, 0.15) is 5.82 Å². The maximum absolute atomic E-state index is 11.4. The standard InChI is InChI=1S/C13H20N4O/c1-2-10(5-8-3-4-8)17-13-11(12(15)18)6-9(14)7-16-13/h6-8,10H,2-5,14H2,1H3,(H2,15,18)(H,16,17). The van der Waals surface area contributed by atoms with Crippen LogP contribution in [0.15, 0.2) is 12.3 Å². The Balaban J connectivity index is 2.13. The van der Waals surface area contributed by atoms with Gasteiger partial charge in [0.15, 0.2) is 0 Å². The molecule has 0 bridgehead atoms. The van der Waals surface area contributed by atoms with E-state index in [0.29, 0.717) is 23.1 Å². The quantitative estimate of drug-likeness (QED) is 0.715. The lowest BCUT2D eigenvalue weighted by atomic mass is 10.1. The van der Waals surface area contributed by atoms with Crippen LogP contribution in [0.5, 0.6) is 0 Å². The number of aromatic nitrogens is 1. The lowest BCUT2D eigenvalue weighted by Crippen LogP contribution is -2.23. The number of rotatable bonds is 6. The molecule has 2 rings (SSSR count). The number of carbonyl (C=O) groups excluding carboxylic acids is 1. The SMILES string of the molecule is CCC(CC1CC1)Nc1ncc(N)cc1C(N)=O. The summed E-state index contributed by atoms with van der Waals surface area (Å²) in [6.45, 7) is 2.13. The minimum Gasteiger partial charge on any atom is -0.397 e. The van der Waals surface area contributed by atoms with E-state index in [1.54, 1.807) is 12.3 Å². The summed E-state index contributed by atoms with van der Waals surface area (Å²) >= 11 is 0. The van der Waals surface area contributed by atoms with Crippen molar-refractivity contribution in [3.05, 3.63) is 17.8 Å². The molecule has 1 aliphatic carbocycles. The van der Waals surface area contributed by atoms with E-state index >= 15 is 0 Å². The average Bonchev–Trinajstić information content (AvgIpc) is 3.14. The molecule has 98 valence electrons. The number of nitrogens with zero attached hydrogens (tertiary/aromatic N) is 1. The lowest BCUT2D eigenvalue weighted by Gasteiger charge is -2.18. The number of nitrogens with two attached hydrogens (primary N) is 2. The van der Waals surface area contributed by atoms with E-state index in [4.69, 9.17) is 11.5 Å². The molecule has 1 atom stereocenters. The van der Waals surface area contributed by atoms with Gasteiger partial charge in [0.2, 0.25) is 0 Å². The van der Waals surface area contributed by atoms with Crippen molar-refractivity contribution in [3.8, 4) is 0 Å². The monoisotopic (exact) mass is 248 g/mol. The van der Waals surface area contributed by atoms with E-state index in [2.05, 4.69) is 17.2 Å². The average molecular weight is 248 g/mol. The summed E-state index contributed by atoms with van der Waals surface area (Å²) in [6, 6.07) is 1.91. The normalized spacial score (nSPS) is 16.3. The third kappa shape index (κ3) is 3.12. The van der Waals surface area contributed by atoms with Gasteiger partial charge in [-0.15, -0.1) is 0 Å². The van der Waals surface area contributed by atoms with Gasteiger partial charge >= 0.3 is 0 Å².